The molecule has 1 aliphatic carbocycles. The lowest BCUT2D eigenvalue weighted by Gasteiger charge is -2.31. The first-order chi connectivity index (χ1) is 17.0. The average Bonchev–Trinajstić information content (AvgIpc) is 2.89. The van der Waals surface area contributed by atoms with Crippen LogP contribution in [0, 0.1) is 5.41 Å². The molecule has 7 nitrogen and oxygen atoms in total. The molecule has 2 aliphatic rings. The molecule has 0 unspecified atom stereocenters. The molecule has 2 N–H and O–H groups in total. The molecule has 0 bridgehead atoms. The van der Waals surface area contributed by atoms with Gasteiger partial charge in [-0.2, -0.15) is 0 Å². The van der Waals surface area contributed by atoms with Crippen molar-refractivity contribution in [2.24, 2.45) is 0 Å². The first kappa shape index (κ1) is 24.9. The van der Waals surface area contributed by atoms with Gasteiger partial charge in [0.1, 0.15) is 0 Å². The Bertz CT molecular complexity index is 1140. The number of amides is 1. The quantitative estimate of drug-likeness (QED) is 0.417. The molecule has 2 aromatic rings. The monoisotopic (exact) mass is 495 g/mol. The van der Waals surface area contributed by atoms with Crippen molar-refractivity contribution in [3.63, 3.8) is 0 Å². The van der Waals surface area contributed by atoms with Crippen molar-refractivity contribution in [1.82, 2.24) is 5.32 Å². The first-order valence-corrected chi connectivity index (χ1v) is 12.4. The normalized spacial score (nSPS) is 16.1. The zero-order valence-corrected chi connectivity index (χ0v) is 20.6. The molecule has 0 saturated carbocycles. The van der Waals surface area contributed by atoms with Gasteiger partial charge in [0.05, 0.1) is 47.4 Å². The molecule has 1 saturated heterocycles. The molecule has 1 amide bonds. The molecule has 1 aliphatic heterocycles. The Hall–Kier alpha value is -3.16. The fraction of sp³-hybridized carbons (Fsp3) is 0.370. The van der Waals surface area contributed by atoms with Crippen LogP contribution in [0.15, 0.2) is 53.7 Å². The smallest absolute Gasteiger partial charge is 0.338 e. The van der Waals surface area contributed by atoms with Crippen LogP contribution in [-0.4, -0.2) is 50.5 Å². The number of nitrogens with zero attached hydrogens (tertiary/aromatic N) is 1. The maximum absolute atomic E-state index is 13.5. The molecule has 0 spiro atoms. The number of carbonyl (C=O) groups excluding carboxylic acids is 2. The standard InChI is InChI=1S/C27H30ClN3O4/c1-2-35-27(33)19-12-10-18(11-13-19)25(29)20-6-3-4-8-22(20)30-26(32)24-21(28)7-5-9-23(24)31-14-16-34-17-15-31/h5,7,9-13,29H,2-4,6,8,14-17H2,1H3,(H,30,32). The number of hydrogen-bond donors (Lipinski definition) is 2. The Morgan fingerprint density at radius 3 is 2.46 bits per heavy atom. The van der Waals surface area contributed by atoms with Crippen molar-refractivity contribution in [1.29, 1.82) is 5.41 Å². The zero-order chi connectivity index (χ0) is 24.8. The van der Waals surface area contributed by atoms with Crippen LogP contribution in [0.25, 0.3) is 0 Å². The van der Waals surface area contributed by atoms with E-state index in [1.165, 1.54) is 0 Å². The zero-order valence-electron chi connectivity index (χ0n) is 19.9. The van der Waals surface area contributed by atoms with Gasteiger partial charge in [0, 0.05) is 18.8 Å². The summed E-state index contributed by atoms with van der Waals surface area (Å²) in [6.45, 7) is 4.68. The summed E-state index contributed by atoms with van der Waals surface area (Å²) in [7, 11) is 0. The first-order valence-electron chi connectivity index (χ1n) is 12.0. The van der Waals surface area contributed by atoms with Crippen LogP contribution in [0.4, 0.5) is 5.69 Å². The van der Waals surface area contributed by atoms with E-state index in [4.69, 9.17) is 26.5 Å². The van der Waals surface area contributed by atoms with E-state index in [2.05, 4.69) is 10.2 Å². The molecule has 2 aromatic carbocycles. The third kappa shape index (κ3) is 5.74. The molecule has 0 radical (unpaired) electrons. The van der Waals surface area contributed by atoms with Gasteiger partial charge >= 0.3 is 5.97 Å². The lowest BCUT2D eigenvalue weighted by molar-refractivity contribution is 0.0526. The van der Waals surface area contributed by atoms with Gasteiger partial charge in [0.25, 0.3) is 5.91 Å². The number of morpholine rings is 1. The Morgan fingerprint density at radius 1 is 1.06 bits per heavy atom. The summed E-state index contributed by atoms with van der Waals surface area (Å²) in [6, 6.07) is 12.3. The minimum atomic E-state index is -0.383. The van der Waals surface area contributed by atoms with Gasteiger partial charge in [-0.25, -0.2) is 4.79 Å². The Balaban J connectivity index is 1.59. The van der Waals surface area contributed by atoms with Gasteiger partial charge in [-0.3, -0.25) is 10.2 Å². The maximum Gasteiger partial charge on any atom is 0.338 e. The number of hydrogen-bond acceptors (Lipinski definition) is 6. The minimum Gasteiger partial charge on any atom is -0.462 e. The van der Waals surface area contributed by atoms with E-state index in [0.717, 1.165) is 29.8 Å². The van der Waals surface area contributed by atoms with E-state index < -0.39 is 0 Å². The van der Waals surface area contributed by atoms with Crippen molar-refractivity contribution < 1.29 is 19.1 Å². The second-order valence-corrected chi connectivity index (χ2v) is 8.93. The van der Waals surface area contributed by atoms with Gasteiger partial charge in [-0.1, -0.05) is 29.8 Å². The van der Waals surface area contributed by atoms with E-state index in [-0.39, 0.29) is 11.9 Å². The topological polar surface area (TPSA) is 91.7 Å². The molecule has 0 aromatic heterocycles. The SMILES string of the molecule is CCOC(=O)c1ccc(C(=N)C2=C(NC(=O)c3c(Cl)cccc3N3CCOCC3)CCCC2)cc1. The van der Waals surface area contributed by atoms with Crippen molar-refractivity contribution in [2.75, 3.05) is 37.8 Å². The van der Waals surface area contributed by atoms with Crippen molar-refractivity contribution in [3.8, 4) is 0 Å². The van der Waals surface area contributed by atoms with E-state index in [0.29, 0.717) is 73.2 Å². The summed E-state index contributed by atoms with van der Waals surface area (Å²) in [5.41, 5.74) is 4.29. The van der Waals surface area contributed by atoms with E-state index >= 15 is 0 Å². The minimum absolute atomic E-state index is 0.267. The summed E-state index contributed by atoms with van der Waals surface area (Å²) in [4.78, 5) is 27.5. The number of anilines is 1. The average molecular weight is 496 g/mol. The van der Waals surface area contributed by atoms with E-state index in [1.54, 1.807) is 37.3 Å². The van der Waals surface area contributed by atoms with Crippen molar-refractivity contribution in [3.05, 3.63) is 75.4 Å². The third-order valence-corrected chi connectivity index (χ3v) is 6.60. The highest BCUT2D eigenvalue weighted by atomic mass is 35.5. The molecule has 35 heavy (non-hydrogen) atoms. The molecular weight excluding hydrogens is 466 g/mol. The maximum atomic E-state index is 13.5. The van der Waals surface area contributed by atoms with E-state index in [9.17, 15) is 9.59 Å². The number of nitrogens with one attached hydrogen (secondary N) is 2. The van der Waals surface area contributed by atoms with Crippen LogP contribution >= 0.6 is 11.6 Å². The highest BCUT2D eigenvalue weighted by Gasteiger charge is 2.25. The van der Waals surface area contributed by atoms with Gasteiger partial charge in [-0.15, -0.1) is 0 Å². The molecule has 8 heteroatoms. The summed E-state index contributed by atoms with van der Waals surface area (Å²) in [5.74, 6) is -0.650. The van der Waals surface area contributed by atoms with Gasteiger partial charge in [0.2, 0.25) is 0 Å². The van der Waals surface area contributed by atoms with Crippen LogP contribution in [-0.2, 0) is 9.47 Å². The lowest BCUT2D eigenvalue weighted by atomic mass is 9.89. The predicted octanol–water partition coefficient (Wildman–Crippen LogP) is 4.98. The third-order valence-electron chi connectivity index (χ3n) is 6.29. The predicted molar refractivity (Wildman–Crippen MR) is 137 cm³/mol. The number of carbonyl (C=O) groups is 2. The number of halogens is 1. The summed E-state index contributed by atoms with van der Waals surface area (Å²) in [5, 5.41) is 12.3. The van der Waals surface area contributed by atoms with E-state index in [1.807, 2.05) is 12.1 Å². The lowest BCUT2D eigenvalue weighted by Crippen LogP contribution is -2.38. The number of benzene rings is 2. The van der Waals surface area contributed by atoms with Crippen molar-refractivity contribution in [2.45, 2.75) is 32.6 Å². The number of rotatable bonds is 7. The summed E-state index contributed by atoms with van der Waals surface area (Å²) < 4.78 is 10.5. The second kappa shape index (κ2) is 11.5. The molecule has 1 heterocycles. The van der Waals surface area contributed by atoms with Crippen molar-refractivity contribution >= 4 is 34.9 Å². The Morgan fingerprint density at radius 2 is 1.74 bits per heavy atom. The largest absolute Gasteiger partial charge is 0.462 e. The van der Waals surface area contributed by atoms with Crippen LogP contribution in [0.2, 0.25) is 5.02 Å². The number of esters is 1. The van der Waals surface area contributed by atoms with Crippen LogP contribution in [0.3, 0.4) is 0 Å². The van der Waals surface area contributed by atoms with Crippen LogP contribution in [0.1, 0.15) is 58.9 Å². The molecule has 4 rings (SSSR count). The second-order valence-electron chi connectivity index (χ2n) is 8.52. The molecular formula is C27H30ClN3O4. The van der Waals surface area contributed by atoms with Gasteiger partial charge in [0.15, 0.2) is 0 Å². The van der Waals surface area contributed by atoms with Gasteiger partial charge < -0.3 is 19.7 Å². The fourth-order valence-electron chi connectivity index (χ4n) is 4.49. The van der Waals surface area contributed by atoms with Crippen LogP contribution in [0.5, 0.6) is 0 Å². The Labute approximate surface area is 210 Å². The molecule has 184 valence electrons. The summed E-state index contributed by atoms with van der Waals surface area (Å²) >= 11 is 6.50. The number of allylic oxidation sites excluding steroid dienone is 2. The highest BCUT2D eigenvalue weighted by molar-refractivity contribution is 6.34. The summed E-state index contributed by atoms with van der Waals surface area (Å²) in [6.07, 6.45) is 3.27. The molecule has 0 atom stereocenters. The fourth-order valence-corrected chi connectivity index (χ4v) is 4.74. The number of ether oxygens (including phenoxy) is 2. The van der Waals surface area contributed by atoms with Gasteiger partial charge in [-0.05, 0) is 68.0 Å². The molecule has 1 fully saturated rings. The Kier molecular flexibility index (Phi) is 8.21. The van der Waals surface area contributed by atoms with Crippen LogP contribution < -0.4 is 10.2 Å². The highest BCUT2D eigenvalue weighted by Crippen LogP contribution is 2.31.